The number of aromatic nitrogens is 2. The Labute approximate surface area is 167 Å². The lowest BCUT2D eigenvalue weighted by Crippen LogP contribution is -2.20. The summed E-state index contributed by atoms with van der Waals surface area (Å²) in [6, 6.07) is 12.5. The SMILES string of the molecule is COc1ccc(C)cc1NC(=O)Nc1cccc(CNc2c[nH]nc2C(N)=O)c1. The van der Waals surface area contributed by atoms with Gasteiger partial charge in [0.05, 0.1) is 18.5 Å². The number of anilines is 3. The van der Waals surface area contributed by atoms with Crippen LogP contribution in [-0.2, 0) is 6.54 Å². The molecule has 9 nitrogen and oxygen atoms in total. The van der Waals surface area contributed by atoms with Crippen LogP contribution in [0.2, 0.25) is 0 Å². The first-order valence-electron chi connectivity index (χ1n) is 8.85. The Morgan fingerprint density at radius 1 is 1.14 bits per heavy atom. The van der Waals surface area contributed by atoms with E-state index in [4.69, 9.17) is 10.5 Å². The van der Waals surface area contributed by atoms with Crippen LogP contribution in [0.3, 0.4) is 0 Å². The summed E-state index contributed by atoms with van der Waals surface area (Å²) in [5.41, 5.74) is 9.04. The molecule has 3 rings (SSSR count). The van der Waals surface area contributed by atoms with Crippen LogP contribution in [0.1, 0.15) is 21.6 Å². The third kappa shape index (κ3) is 5.04. The van der Waals surface area contributed by atoms with E-state index in [9.17, 15) is 9.59 Å². The van der Waals surface area contributed by atoms with E-state index < -0.39 is 5.91 Å². The number of aromatic amines is 1. The summed E-state index contributed by atoms with van der Waals surface area (Å²) in [6.07, 6.45) is 1.56. The number of methoxy groups -OCH3 is 1. The van der Waals surface area contributed by atoms with Crippen LogP contribution in [0.5, 0.6) is 5.75 Å². The van der Waals surface area contributed by atoms with Crippen molar-refractivity contribution in [2.24, 2.45) is 5.73 Å². The third-order valence-electron chi connectivity index (χ3n) is 4.14. The van der Waals surface area contributed by atoms with E-state index >= 15 is 0 Å². The Kier molecular flexibility index (Phi) is 5.98. The fourth-order valence-corrected chi connectivity index (χ4v) is 2.77. The Hall–Kier alpha value is -4.01. The molecule has 0 radical (unpaired) electrons. The number of amides is 3. The summed E-state index contributed by atoms with van der Waals surface area (Å²) in [4.78, 5) is 23.7. The van der Waals surface area contributed by atoms with E-state index in [1.54, 1.807) is 25.4 Å². The van der Waals surface area contributed by atoms with E-state index in [0.29, 0.717) is 29.4 Å². The average Bonchev–Trinajstić information content (AvgIpc) is 3.16. The smallest absolute Gasteiger partial charge is 0.323 e. The predicted octanol–water partition coefficient (Wildman–Crippen LogP) is 3.08. The second kappa shape index (κ2) is 8.79. The number of H-pyrrole nitrogens is 1. The van der Waals surface area contributed by atoms with Gasteiger partial charge in [-0.2, -0.15) is 5.10 Å². The van der Waals surface area contributed by atoms with Gasteiger partial charge in [-0.25, -0.2) is 4.79 Å². The monoisotopic (exact) mass is 394 g/mol. The number of carbonyl (C=O) groups is 2. The first-order chi connectivity index (χ1) is 14.0. The predicted molar refractivity (Wildman–Crippen MR) is 111 cm³/mol. The lowest BCUT2D eigenvalue weighted by Gasteiger charge is -2.13. The first-order valence-corrected chi connectivity index (χ1v) is 8.85. The second-order valence-electron chi connectivity index (χ2n) is 6.35. The first kappa shape index (κ1) is 19.7. The zero-order chi connectivity index (χ0) is 20.8. The van der Waals surface area contributed by atoms with Crippen LogP contribution in [-0.4, -0.2) is 29.2 Å². The van der Waals surface area contributed by atoms with Crippen molar-refractivity contribution in [1.82, 2.24) is 10.2 Å². The Balaban J connectivity index is 1.64. The molecule has 0 aliphatic rings. The number of primary amides is 1. The van der Waals surface area contributed by atoms with Gasteiger partial charge in [0, 0.05) is 18.4 Å². The maximum atomic E-state index is 12.4. The van der Waals surface area contributed by atoms with E-state index in [2.05, 4.69) is 26.1 Å². The summed E-state index contributed by atoms with van der Waals surface area (Å²) in [6.45, 7) is 2.35. The van der Waals surface area contributed by atoms with Gasteiger partial charge in [0.2, 0.25) is 0 Å². The topological polar surface area (TPSA) is 134 Å². The standard InChI is InChI=1S/C20H22N6O3/c1-12-6-7-17(29-2)15(8-12)25-20(28)24-14-5-3-4-13(9-14)10-22-16-11-23-26-18(16)19(21)27/h3-9,11,22H,10H2,1-2H3,(H2,21,27)(H,23,26)(H2,24,25,28). The van der Waals surface area contributed by atoms with Gasteiger partial charge in [-0.05, 0) is 42.3 Å². The number of nitrogens with two attached hydrogens (primary N) is 1. The second-order valence-corrected chi connectivity index (χ2v) is 6.35. The molecule has 0 aliphatic carbocycles. The largest absolute Gasteiger partial charge is 0.495 e. The van der Waals surface area contributed by atoms with Gasteiger partial charge in [-0.1, -0.05) is 18.2 Å². The van der Waals surface area contributed by atoms with Gasteiger partial charge in [0.25, 0.3) is 5.91 Å². The highest BCUT2D eigenvalue weighted by molar-refractivity contribution is 6.00. The van der Waals surface area contributed by atoms with Crippen molar-refractivity contribution < 1.29 is 14.3 Å². The quantitative estimate of drug-likeness (QED) is 0.420. The number of urea groups is 1. The maximum Gasteiger partial charge on any atom is 0.323 e. The number of benzene rings is 2. The van der Waals surface area contributed by atoms with E-state index in [0.717, 1.165) is 11.1 Å². The average molecular weight is 394 g/mol. The molecule has 0 atom stereocenters. The molecule has 3 aromatic rings. The van der Waals surface area contributed by atoms with E-state index in [1.165, 1.54) is 0 Å². The number of hydrogen-bond acceptors (Lipinski definition) is 5. The number of nitrogens with zero attached hydrogens (tertiary/aromatic N) is 1. The van der Waals surface area contributed by atoms with Crippen LogP contribution in [0.25, 0.3) is 0 Å². The fraction of sp³-hybridized carbons (Fsp3) is 0.150. The normalized spacial score (nSPS) is 10.3. The van der Waals surface area contributed by atoms with Crippen molar-refractivity contribution in [1.29, 1.82) is 0 Å². The summed E-state index contributed by atoms with van der Waals surface area (Å²) in [5, 5.41) is 15.1. The lowest BCUT2D eigenvalue weighted by molar-refractivity contribution is 0.0996. The molecule has 6 N–H and O–H groups in total. The molecule has 1 aromatic heterocycles. The van der Waals surface area contributed by atoms with Crippen molar-refractivity contribution >= 4 is 29.0 Å². The molecule has 2 aromatic carbocycles. The minimum atomic E-state index is -0.618. The highest BCUT2D eigenvalue weighted by atomic mass is 16.5. The minimum Gasteiger partial charge on any atom is -0.495 e. The number of aryl methyl sites for hydroxylation is 1. The van der Waals surface area contributed by atoms with E-state index in [1.807, 2.05) is 37.3 Å². The molecule has 150 valence electrons. The Morgan fingerprint density at radius 2 is 1.97 bits per heavy atom. The van der Waals surface area contributed by atoms with Crippen LogP contribution in [0.4, 0.5) is 21.9 Å². The van der Waals surface area contributed by atoms with Gasteiger partial charge in [0.1, 0.15) is 5.75 Å². The molecular formula is C20H22N6O3. The van der Waals surface area contributed by atoms with Crippen LogP contribution in [0, 0.1) is 6.92 Å². The maximum absolute atomic E-state index is 12.4. The van der Waals surface area contributed by atoms with Crippen molar-refractivity contribution in [3.8, 4) is 5.75 Å². The zero-order valence-corrected chi connectivity index (χ0v) is 16.1. The lowest BCUT2D eigenvalue weighted by atomic mass is 10.2. The van der Waals surface area contributed by atoms with Crippen molar-refractivity contribution in [3.63, 3.8) is 0 Å². The molecule has 1 heterocycles. The van der Waals surface area contributed by atoms with Crippen LogP contribution >= 0.6 is 0 Å². The van der Waals surface area contributed by atoms with Gasteiger partial charge < -0.3 is 26.4 Å². The molecule has 0 spiro atoms. The third-order valence-corrected chi connectivity index (χ3v) is 4.14. The summed E-state index contributed by atoms with van der Waals surface area (Å²) < 4.78 is 5.27. The Bertz CT molecular complexity index is 1030. The highest BCUT2D eigenvalue weighted by Gasteiger charge is 2.11. The molecule has 0 saturated heterocycles. The van der Waals surface area contributed by atoms with Gasteiger partial charge in [0.15, 0.2) is 5.69 Å². The Morgan fingerprint density at radius 3 is 2.72 bits per heavy atom. The fourth-order valence-electron chi connectivity index (χ4n) is 2.77. The summed E-state index contributed by atoms with van der Waals surface area (Å²) >= 11 is 0. The van der Waals surface area contributed by atoms with Gasteiger partial charge in [-0.3, -0.25) is 9.89 Å². The molecule has 3 amide bonds. The van der Waals surface area contributed by atoms with Crippen LogP contribution < -0.4 is 26.4 Å². The van der Waals surface area contributed by atoms with Crippen LogP contribution in [0.15, 0.2) is 48.7 Å². The highest BCUT2D eigenvalue weighted by Crippen LogP contribution is 2.25. The molecule has 0 bridgehead atoms. The number of nitrogens with one attached hydrogen (secondary N) is 4. The molecule has 29 heavy (non-hydrogen) atoms. The van der Waals surface area contributed by atoms with Crippen molar-refractivity contribution in [3.05, 3.63) is 65.5 Å². The molecule has 0 aliphatic heterocycles. The summed E-state index contributed by atoms with van der Waals surface area (Å²) in [7, 11) is 1.55. The van der Waals surface area contributed by atoms with Crippen molar-refractivity contribution in [2.75, 3.05) is 23.1 Å². The number of carbonyl (C=O) groups excluding carboxylic acids is 2. The molecule has 0 fully saturated rings. The number of rotatable bonds is 7. The van der Waals surface area contributed by atoms with E-state index in [-0.39, 0.29) is 11.7 Å². The number of hydrogen-bond donors (Lipinski definition) is 5. The molecule has 0 unspecified atom stereocenters. The zero-order valence-electron chi connectivity index (χ0n) is 16.1. The summed E-state index contributed by atoms with van der Waals surface area (Å²) in [5.74, 6) is -0.0403. The minimum absolute atomic E-state index is 0.144. The molecular weight excluding hydrogens is 372 g/mol. The van der Waals surface area contributed by atoms with Gasteiger partial charge in [-0.15, -0.1) is 0 Å². The number of ether oxygens (including phenoxy) is 1. The van der Waals surface area contributed by atoms with Gasteiger partial charge >= 0.3 is 6.03 Å². The molecule has 9 heteroatoms. The van der Waals surface area contributed by atoms with Crippen molar-refractivity contribution in [2.45, 2.75) is 13.5 Å². The molecule has 0 saturated carbocycles.